The summed E-state index contributed by atoms with van der Waals surface area (Å²) in [6.07, 6.45) is -5.34. The molecule has 1 aromatic heterocycles. The normalized spacial score (nSPS) is 14.1. The molecule has 1 aliphatic heterocycles. The van der Waals surface area contributed by atoms with Gasteiger partial charge >= 0.3 is 12.1 Å². The van der Waals surface area contributed by atoms with Gasteiger partial charge in [0.15, 0.2) is 5.82 Å². The van der Waals surface area contributed by atoms with Crippen LogP contribution in [0, 0.1) is 21.7 Å². The first kappa shape index (κ1) is 29.6. The van der Waals surface area contributed by atoms with Crippen molar-refractivity contribution in [3.8, 4) is 0 Å². The topological polar surface area (TPSA) is 120 Å². The molecule has 15 heteroatoms. The third-order valence-electron chi connectivity index (χ3n) is 6.86. The number of aromatic nitrogens is 2. The number of hydrogen-bond donors (Lipinski definition) is 1. The van der Waals surface area contributed by atoms with Crippen LogP contribution in [0.1, 0.15) is 28.8 Å². The van der Waals surface area contributed by atoms with E-state index in [1.807, 2.05) is 0 Å². The van der Waals surface area contributed by atoms with Crippen LogP contribution in [-0.2, 0) is 16.1 Å². The highest BCUT2D eigenvalue weighted by Gasteiger charge is 2.46. The molecule has 2 heterocycles. The predicted octanol–water partition coefficient (Wildman–Crippen LogP) is 5.60. The van der Waals surface area contributed by atoms with E-state index in [4.69, 9.17) is 4.74 Å². The Bertz CT molecular complexity index is 1700. The lowest BCUT2D eigenvalue weighted by molar-refractivity contribution is -0.384. The fraction of sp³-hybridized carbons (Fsp3) is 0.250. The van der Waals surface area contributed by atoms with E-state index < -0.39 is 57.5 Å². The smallest absolute Gasteiger partial charge is 0.381 e. The van der Waals surface area contributed by atoms with Crippen molar-refractivity contribution in [2.45, 2.75) is 31.6 Å². The third-order valence-corrected chi connectivity index (χ3v) is 6.86. The number of alkyl halides is 3. The number of ether oxygens (including phenoxy) is 1. The van der Waals surface area contributed by atoms with Crippen LogP contribution in [0.3, 0.4) is 0 Å². The fourth-order valence-electron chi connectivity index (χ4n) is 4.97. The molecule has 0 unspecified atom stereocenters. The maximum atomic E-state index is 13.8. The zero-order chi connectivity index (χ0) is 30.9. The van der Waals surface area contributed by atoms with Crippen LogP contribution in [0.5, 0.6) is 0 Å². The van der Waals surface area contributed by atoms with Crippen molar-refractivity contribution in [3.63, 3.8) is 0 Å². The van der Waals surface area contributed by atoms with Crippen LogP contribution < -0.4 is 10.2 Å². The summed E-state index contributed by atoms with van der Waals surface area (Å²) < 4.78 is 75.5. The Labute approximate surface area is 239 Å². The molecule has 10 nitrogen and oxygen atoms in total. The van der Waals surface area contributed by atoms with E-state index in [1.165, 1.54) is 4.68 Å². The molecule has 0 bridgehead atoms. The second-order valence-corrected chi connectivity index (χ2v) is 9.73. The van der Waals surface area contributed by atoms with E-state index in [0.29, 0.717) is 21.9 Å². The van der Waals surface area contributed by atoms with Gasteiger partial charge in [-0.05, 0) is 48.7 Å². The number of carbonyl (C=O) groups excluding carboxylic acids is 2. The molecule has 0 aliphatic carbocycles. The van der Waals surface area contributed by atoms with Crippen molar-refractivity contribution in [1.29, 1.82) is 0 Å². The van der Waals surface area contributed by atoms with Crippen molar-refractivity contribution >= 4 is 39.9 Å². The molecule has 43 heavy (non-hydrogen) atoms. The molecule has 1 aliphatic rings. The molecular formula is C28H22F5N5O5. The highest BCUT2D eigenvalue weighted by atomic mass is 19.4. The molecule has 0 spiro atoms. The lowest BCUT2D eigenvalue weighted by Gasteiger charge is -2.35. The van der Waals surface area contributed by atoms with Gasteiger partial charge in [-0.2, -0.15) is 18.3 Å². The maximum Gasteiger partial charge on any atom is 0.471 e. The number of nitro groups is 1. The van der Waals surface area contributed by atoms with E-state index in [-0.39, 0.29) is 44.0 Å². The van der Waals surface area contributed by atoms with Gasteiger partial charge in [0.05, 0.1) is 28.2 Å². The summed E-state index contributed by atoms with van der Waals surface area (Å²) in [4.78, 5) is 37.3. The summed E-state index contributed by atoms with van der Waals surface area (Å²) in [6, 6.07) is 11.1. The van der Waals surface area contributed by atoms with Crippen molar-refractivity contribution in [2.75, 3.05) is 23.4 Å². The van der Waals surface area contributed by atoms with Crippen LogP contribution in [0.2, 0.25) is 0 Å². The first-order chi connectivity index (χ1) is 20.4. The molecular weight excluding hydrogens is 581 g/mol. The van der Waals surface area contributed by atoms with Crippen LogP contribution in [-0.4, -0.2) is 52.0 Å². The first-order valence-electron chi connectivity index (χ1n) is 12.9. The summed E-state index contributed by atoms with van der Waals surface area (Å²) in [5, 5.41) is 18.8. The minimum absolute atomic E-state index is 0.00128. The Morgan fingerprint density at radius 2 is 1.72 bits per heavy atom. The summed E-state index contributed by atoms with van der Waals surface area (Å²) in [5.74, 6) is -4.92. The minimum atomic E-state index is -5.35. The molecule has 1 fully saturated rings. The van der Waals surface area contributed by atoms with Crippen LogP contribution in [0.25, 0.3) is 10.9 Å². The summed E-state index contributed by atoms with van der Waals surface area (Å²) in [5.41, 5.74) is -0.974. The lowest BCUT2D eigenvalue weighted by atomic mass is 10.0. The second-order valence-electron chi connectivity index (χ2n) is 9.73. The molecule has 1 saturated heterocycles. The van der Waals surface area contributed by atoms with Crippen LogP contribution in [0.15, 0.2) is 60.7 Å². The Kier molecular flexibility index (Phi) is 8.08. The zero-order valence-corrected chi connectivity index (χ0v) is 22.1. The van der Waals surface area contributed by atoms with Crippen molar-refractivity contribution in [2.24, 2.45) is 0 Å². The van der Waals surface area contributed by atoms with Crippen molar-refractivity contribution < 1.29 is 41.2 Å². The van der Waals surface area contributed by atoms with Gasteiger partial charge in [-0.15, -0.1) is 0 Å². The number of anilines is 2. The number of para-hydroxylation sites is 1. The van der Waals surface area contributed by atoms with Crippen molar-refractivity contribution in [3.05, 3.63) is 93.5 Å². The number of nitro benzene ring substituents is 1. The Morgan fingerprint density at radius 3 is 2.37 bits per heavy atom. The number of benzene rings is 3. The van der Waals surface area contributed by atoms with Gasteiger partial charge in [-0.25, -0.2) is 8.78 Å². The summed E-state index contributed by atoms with van der Waals surface area (Å²) in [7, 11) is 0. The molecule has 224 valence electrons. The van der Waals surface area contributed by atoms with Gasteiger partial charge in [0, 0.05) is 42.8 Å². The van der Waals surface area contributed by atoms with E-state index in [2.05, 4.69) is 10.4 Å². The standard InChI is InChI=1S/C28H22F5N5O5/c29-17-11-16(12-18(30)13-17)15-36-23-4-2-1-3-21(23)25(35-36)34-26(39)22-6-5-20(38(41)42)14-24(22)37(27(40)28(31,32)33)19-7-9-43-10-8-19/h1-6,11-14,19H,7-10,15H2,(H,34,35,39). The molecule has 0 saturated carbocycles. The van der Waals surface area contributed by atoms with Gasteiger partial charge in [0.2, 0.25) is 0 Å². The highest BCUT2D eigenvalue weighted by molar-refractivity contribution is 6.13. The zero-order valence-electron chi connectivity index (χ0n) is 22.1. The van der Waals surface area contributed by atoms with E-state index in [1.54, 1.807) is 24.3 Å². The number of halogens is 5. The van der Waals surface area contributed by atoms with Crippen LogP contribution in [0.4, 0.5) is 39.1 Å². The molecule has 0 atom stereocenters. The van der Waals surface area contributed by atoms with Crippen molar-refractivity contribution in [1.82, 2.24) is 9.78 Å². The molecule has 0 radical (unpaired) electrons. The van der Waals surface area contributed by atoms with Gasteiger partial charge in [0.1, 0.15) is 11.6 Å². The number of carbonyl (C=O) groups is 2. The third kappa shape index (κ3) is 6.30. The van der Waals surface area contributed by atoms with E-state index in [0.717, 1.165) is 30.3 Å². The van der Waals surface area contributed by atoms with Crippen LogP contribution >= 0.6 is 0 Å². The SMILES string of the molecule is O=C(Nc1nn(Cc2cc(F)cc(F)c2)c2ccccc12)c1ccc([N+](=O)[O-])cc1N(C(=O)C(F)(F)F)C1CCOCC1. The molecule has 5 rings (SSSR count). The second kappa shape index (κ2) is 11.8. The number of nitrogens with one attached hydrogen (secondary N) is 1. The number of non-ortho nitro benzene ring substituents is 1. The van der Waals surface area contributed by atoms with Gasteiger partial charge < -0.3 is 15.0 Å². The maximum absolute atomic E-state index is 13.8. The van der Waals surface area contributed by atoms with Gasteiger partial charge in [0.25, 0.3) is 11.6 Å². The summed E-state index contributed by atoms with van der Waals surface area (Å²) in [6.45, 7) is -0.00570. The summed E-state index contributed by atoms with van der Waals surface area (Å²) >= 11 is 0. The van der Waals surface area contributed by atoms with E-state index in [9.17, 15) is 41.7 Å². The van der Waals surface area contributed by atoms with Gasteiger partial charge in [-0.3, -0.25) is 24.4 Å². The van der Waals surface area contributed by atoms with Gasteiger partial charge in [-0.1, -0.05) is 12.1 Å². The molecule has 2 amide bonds. The number of amides is 2. The Balaban J connectivity index is 1.56. The quantitative estimate of drug-likeness (QED) is 0.167. The Hall–Kier alpha value is -4.92. The first-order valence-corrected chi connectivity index (χ1v) is 12.9. The Morgan fingerprint density at radius 1 is 1.05 bits per heavy atom. The highest BCUT2D eigenvalue weighted by Crippen LogP contribution is 2.35. The monoisotopic (exact) mass is 603 g/mol. The number of nitrogens with zero attached hydrogens (tertiary/aromatic N) is 4. The molecule has 1 N–H and O–H groups in total. The lowest BCUT2D eigenvalue weighted by Crippen LogP contribution is -2.50. The molecule has 3 aromatic carbocycles. The number of fused-ring (bicyclic) bond motifs is 1. The molecule has 4 aromatic rings. The van der Waals surface area contributed by atoms with E-state index >= 15 is 0 Å². The fourth-order valence-corrected chi connectivity index (χ4v) is 4.97. The predicted molar refractivity (Wildman–Crippen MR) is 144 cm³/mol. The minimum Gasteiger partial charge on any atom is -0.381 e. The number of hydrogen-bond acceptors (Lipinski definition) is 6. The largest absolute Gasteiger partial charge is 0.471 e. The average Bonchev–Trinajstić information content (AvgIpc) is 3.29. The number of rotatable bonds is 7. The average molecular weight is 604 g/mol.